The van der Waals surface area contributed by atoms with Crippen LogP contribution in [0.1, 0.15) is 31.8 Å². The summed E-state index contributed by atoms with van der Waals surface area (Å²) < 4.78 is 0. The molecule has 0 saturated heterocycles. The topological polar surface area (TPSA) is 83.6 Å². The van der Waals surface area contributed by atoms with E-state index in [-0.39, 0.29) is 17.0 Å². The Kier molecular flexibility index (Phi) is 5.52. The Labute approximate surface area is 157 Å². The van der Waals surface area contributed by atoms with Crippen molar-refractivity contribution in [2.75, 3.05) is 5.73 Å². The van der Waals surface area contributed by atoms with Gasteiger partial charge in [0.25, 0.3) is 5.91 Å². The lowest BCUT2D eigenvalue weighted by Crippen LogP contribution is -2.31. The molecule has 0 aromatic heterocycles. The first kappa shape index (κ1) is 18.2. The van der Waals surface area contributed by atoms with Gasteiger partial charge in [-0.1, -0.05) is 60.7 Å². The molecule has 0 radical (unpaired) electrons. The first-order valence-corrected chi connectivity index (χ1v) is 8.54. The number of nitrogens with two attached hydrogens (primary N) is 1. The van der Waals surface area contributed by atoms with Gasteiger partial charge in [0.15, 0.2) is 0 Å². The lowest BCUT2D eigenvalue weighted by atomic mass is 10.0. The highest BCUT2D eigenvalue weighted by molar-refractivity contribution is 6.05. The third kappa shape index (κ3) is 4.52. The first-order valence-electron chi connectivity index (χ1n) is 8.54. The minimum Gasteiger partial charge on any atom is -0.478 e. The number of hydrogen-bond donors (Lipinski definition) is 2. The highest BCUT2D eigenvalue weighted by Crippen LogP contribution is 2.19. The van der Waals surface area contributed by atoms with Gasteiger partial charge in [0.1, 0.15) is 0 Å². The maximum atomic E-state index is 13.2. The van der Waals surface area contributed by atoms with Crippen LogP contribution < -0.4 is 5.73 Å². The lowest BCUT2D eigenvalue weighted by molar-refractivity contribution is 0.0668. The highest BCUT2D eigenvalue weighted by Gasteiger charge is 2.22. The second-order valence-electron chi connectivity index (χ2n) is 6.24. The zero-order chi connectivity index (χ0) is 19.2. The van der Waals surface area contributed by atoms with Crippen molar-refractivity contribution in [3.05, 3.63) is 101 Å². The van der Waals surface area contributed by atoms with Crippen molar-refractivity contribution in [2.45, 2.75) is 13.1 Å². The molecule has 5 nitrogen and oxygen atoms in total. The number of carboxylic acids is 1. The van der Waals surface area contributed by atoms with E-state index in [1.165, 1.54) is 12.1 Å². The van der Waals surface area contributed by atoms with Gasteiger partial charge in [-0.15, -0.1) is 0 Å². The fraction of sp³-hybridized carbons (Fsp3) is 0.0909. The minimum atomic E-state index is -1.18. The molecule has 3 aromatic carbocycles. The molecule has 0 unspecified atom stereocenters. The molecule has 0 atom stereocenters. The van der Waals surface area contributed by atoms with Crippen molar-refractivity contribution in [3.63, 3.8) is 0 Å². The van der Waals surface area contributed by atoms with E-state index < -0.39 is 5.97 Å². The average Bonchev–Trinajstić information content (AvgIpc) is 2.68. The Morgan fingerprint density at radius 3 is 1.78 bits per heavy atom. The van der Waals surface area contributed by atoms with Gasteiger partial charge < -0.3 is 15.7 Å². The highest BCUT2D eigenvalue weighted by atomic mass is 16.4. The molecule has 0 spiro atoms. The molecule has 3 rings (SSSR count). The molecule has 5 heteroatoms. The van der Waals surface area contributed by atoms with Crippen molar-refractivity contribution in [1.29, 1.82) is 0 Å². The molecule has 136 valence electrons. The van der Waals surface area contributed by atoms with Crippen LogP contribution in [0.4, 0.5) is 5.69 Å². The van der Waals surface area contributed by atoms with Gasteiger partial charge in [0, 0.05) is 18.8 Å². The van der Waals surface area contributed by atoms with E-state index in [1.807, 2.05) is 60.7 Å². The van der Waals surface area contributed by atoms with Crippen LogP contribution in [0.3, 0.4) is 0 Å². The number of carbonyl (C=O) groups excluding carboxylic acids is 1. The number of carbonyl (C=O) groups is 2. The van der Waals surface area contributed by atoms with Crippen molar-refractivity contribution in [2.24, 2.45) is 0 Å². The number of nitrogens with zero attached hydrogens (tertiary/aromatic N) is 1. The molecule has 0 heterocycles. The van der Waals surface area contributed by atoms with Crippen LogP contribution in [0.25, 0.3) is 0 Å². The van der Waals surface area contributed by atoms with Gasteiger partial charge in [0.05, 0.1) is 11.1 Å². The molecule has 0 aliphatic rings. The molecule has 0 aliphatic carbocycles. The van der Waals surface area contributed by atoms with E-state index in [9.17, 15) is 14.7 Å². The number of amides is 1. The molecule has 27 heavy (non-hydrogen) atoms. The molecular weight excluding hydrogens is 340 g/mol. The fourth-order valence-corrected chi connectivity index (χ4v) is 2.90. The predicted molar refractivity (Wildman–Crippen MR) is 104 cm³/mol. The maximum Gasteiger partial charge on any atom is 0.336 e. The Hall–Kier alpha value is -3.60. The van der Waals surface area contributed by atoms with E-state index in [1.54, 1.807) is 11.0 Å². The summed E-state index contributed by atoms with van der Waals surface area (Å²) in [5.74, 6) is -1.52. The molecule has 1 amide bonds. The van der Waals surface area contributed by atoms with Gasteiger partial charge >= 0.3 is 5.97 Å². The summed E-state index contributed by atoms with van der Waals surface area (Å²) in [7, 11) is 0. The Morgan fingerprint density at radius 2 is 1.30 bits per heavy atom. The van der Waals surface area contributed by atoms with Crippen LogP contribution in [-0.4, -0.2) is 21.9 Å². The third-order valence-electron chi connectivity index (χ3n) is 4.22. The summed E-state index contributed by atoms with van der Waals surface area (Å²) in [6.07, 6.45) is 0. The van der Waals surface area contributed by atoms with E-state index in [0.29, 0.717) is 18.8 Å². The third-order valence-corrected chi connectivity index (χ3v) is 4.22. The lowest BCUT2D eigenvalue weighted by Gasteiger charge is -2.24. The van der Waals surface area contributed by atoms with Gasteiger partial charge in [-0.05, 0) is 29.3 Å². The standard InChI is InChI=1S/C22H20N2O3/c23-18-11-12-19(20(13-18)22(26)27)21(25)24(14-16-7-3-1-4-8-16)15-17-9-5-2-6-10-17/h1-13H,14-15,23H2,(H,26,27). The molecular formula is C22H20N2O3. The molecule has 0 saturated carbocycles. The van der Waals surface area contributed by atoms with Gasteiger partial charge in [-0.3, -0.25) is 4.79 Å². The SMILES string of the molecule is Nc1ccc(C(=O)N(Cc2ccccc2)Cc2ccccc2)c(C(=O)O)c1. The van der Waals surface area contributed by atoms with Crippen LogP contribution in [0.2, 0.25) is 0 Å². The van der Waals surface area contributed by atoms with Gasteiger partial charge in [-0.25, -0.2) is 4.79 Å². The molecule has 0 bridgehead atoms. The number of nitrogen functional groups attached to an aromatic ring is 1. The molecule has 0 fully saturated rings. The number of carboxylic acid groups (broad SMARTS) is 1. The quantitative estimate of drug-likeness (QED) is 0.655. The Balaban J connectivity index is 1.96. The summed E-state index contributed by atoms with van der Waals surface area (Å²) in [6, 6.07) is 23.5. The van der Waals surface area contributed by atoms with Crippen molar-refractivity contribution in [1.82, 2.24) is 4.90 Å². The second kappa shape index (κ2) is 8.19. The van der Waals surface area contributed by atoms with Gasteiger partial charge in [0.2, 0.25) is 0 Å². The zero-order valence-electron chi connectivity index (χ0n) is 14.7. The number of aromatic carboxylic acids is 1. The number of rotatable bonds is 6. The van der Waals surface area contributed by atoms with Crippen molar-refractivity contribution < 1.29 is 14.7 Å². The predicted octanol–water partition coefficient (Wildman–Crippen LogP) is 3.81. The van der Waals surface area contributed by atoms with Crippen LogP contribution in [0, 0.1) is 0 Å². The van der Waals surface area contributed by atoms with Crippen LogP contribution in [0.5, 0.6) is 0 Å². The fourth-order valence-electron chi connectivity index (χ4n) is 2.90. The number of anilines is 1. The van der Waals surface area contributed by atoms with E-state index in [0.717, 1.165) is 11.1 Å². The van der Waals surface area contributed by atoms with E-state index >= 15 is 0 Å². The number of benzene rings is 3. The zero-order valence-corrected chi connectivity index (χ0v) is 14.7. The smallest absolute Gasteiger partial charge is 0.336 e. The molecule has 3 aromatic rings. The Morgan fingerprint density at radius 1 is 0.778 bits per heavy atom. The normalized spacial score (nSPS) is 10.4. The van der Waals surface area contributed by atoms with Crippen LogP contribution in [0.15, 0.2) is 78.9 Å². The molecule has 0 aliphatic heterocycles. The maximum absolute atomic E-state index is 13.2. The summed E-state index contributed by atoms with van der Waals surface area (Å²) in [4.78, 5) is 26.4. The monoisotopic (exact) mass is 360 g/mol. The summed E-state index contributed by atoms with van der Waals surface area (Å²) in [5.41, 5.74) is 7.98. The number of hydrogen-bond acceptors (Lipinski definition) is 3. The summed E-state index contributed by atoms with van der Waals surface area (Å²) in [5, 5.41) is 9.47. The van der Waals surface area contributed by atoms with E-state index in [4.69, 9.17) is 5.73 Å². The largest absolute Gasteiger partial charge is 0.478 e. The van der Waals surface area contributed by atoms with E-state index in [2.05, 4.69) is 0 Å². The first-order chi connectivity index (χ1) is 13.0. The molecule has 3 N–H and O–H groups in total. The van der Waals surface area contributed by atoms with Crippen LogP contribution >= 0.6 is 0 Å². The average molecular weight is 360 g/mol. The second-order valence-corrected chi connectivity index (χ2v) is 6.24. The summed E-state index contributed by atoms with van der Waals surface area (Å²) in [6.45, 7) is 0.746. The van der Waals surface area contributed by atoms with Crippen molar-refractivity contribution in [3.8, 4) is 0 Å². The summed E-state index contributed by atoms with van der Waals surface area (Å²) >= 11 is 0. The van der Waals surface area contributed by atoms with Gasteiger partial charge in [-0.2, -0.15) is 0 Å². The minimum absolute atomic E-state index is 0.0916. The van der Waals surface area contributed by atoms with Crippen molar-refractivity contribution >= 4 is 17.6 Å². The van der Waals surface area contributed by atoms with Crippen LogP contribution in [-0.2, 0) is 13.1 Å². The Bertz CT molecular complexity index is 899.